The minimum absolute atomic E-state index is 0.0475. The van der Waals surface area contributed by atoms with Crippen LogP contribution in [0.2, 0.25) is 0 Å². The second-order valence-corrected chi connectivity index (χ2v) is 3.42. The van der Waals surface area contributed by atoms with Crippen LogP contribution < -0.4 is 0 Å². The van der Waals surface area contributed by atoms with Crippen LogP contribution in [0.3, 0.4) is 0 Å². The molecule has 5 heteroatoms. The molecule has 0 amide bonds. The van der Waals surface area contributed by atoms with E-state index in [-0.39, 0.29) is 18.7 Å². The van der Waals surface area contributed by atoms with Crippen LogP contribution in [0.1, 0.15) is 17.0 Å². The molecule has 1 aromatic heterocycles. The summed E-state index contributed by atoms with van der Waals surface area (Å²) in [4.78, 5) is 16.0. The average Bonchev–Trinajstić information content (AvgIpc) is 2.67. The number of carbonyl (C=O) groups is 1. The van der Waals surface area contributed by atoms with Crippen molar-refractivity contribution in [3.63, 3.8) is 0 Å². The molecule has 0 atom stereocenters. The summed E-state index contributed by atoms with van der Waals surface area (Å²) < 4.78 is 1.35. The van der Waals surface area contributed by atoms with Gasteiger partial charge in [-0.25, -0.2) is 4.98 Å². The molecule has 5 nitrogen and oxygen atoms in total. The maximum Gasteiger partial charge on any atom is 0.246 e. The fourth-order valence-corrected chi connectivity index (χ4v) is 1.69. The van der Waals surface area contributed by atoms with E-state index in [0.717, 1.165) is 0 Å². The number of nitrogens with zero attached hydrogens (tertiary/aromatic N) is 4. The third-order valence-corrected chi connectivity index (χ3v) is 2.35. The molecular weight excluding hydrogens is 216 g/mol. The first kappa shape index (κ1) is 10.8. The van der Waals surface area contributed by atoms with Crippen molar-refractivity contribution in [1.82, 2.24) is 9.55 Å². The molecular formula is C12H8N4O. The van der Waals surface area contributed by atoms with E-state index in [0.29, 0.717) is 16.9 Å². The second-order valence-electron chi connectivity index (χ2n) is 3.42. The standard InChI is InChI=1S/C12H8N4O/c13-7-5-11-15-9-3-1-2-4-10(9)16(11)12(17)6-8-14/h1-4H,5-6H2. The van der Waals surface area contributed by atoms with Crippen molar-refractivity contribution in [3.05, 3.63) is 30.1 Å². The van der Waals surface area contributed by atoms with E-state index in [9.17, 15) is 4.79 Å². The lowest BCUT2D eigenvalue weighted by molar-refractivity contribution is 0.0921. The maximum absolute atomic E-state index is 11.8. The fraction of sp³-hybridized carbons (Fsp3) is 0.167. The Morgan fingerprint density at radius 2 is 2.06 bits per heavy atom. The van der Waals surface area contributed by atoms with Gasteiger partial charge in [-0.2, -0.15) is 10.5 Å². The molecule has 0 aliphatic rings. The Labute approximate surface area is 97.5 Å². The van der Waals surface area contributed by atoms with Crippen LogP contribution in [-0.2, 0) is 6.42 Å². The Balaban J connectivity index is 2.65. The molecule has 0 radical (unpaired) electrons. The number of fused-ring (bicyclic) bond motifs is 1. The van der Waals surface area contributed by atoms with Gasteiger partial charge in [0.25, 0.3) is 0 Å². The number of hydrogen-bond donors (Lipinski definition) is 0. The lowest BCUT2D eigenvalue weighted by Crippen LogP contribution is -2.13. The van der Waals surface area contributed by atoms with Crippen molar-refractivity contribution in [2.24, 2.45) is 0 Å². The van der Waals surface area contributed by atoms with Gasteiger partial charge >= 0.3 is 0 Å². The first-order valence-corrected chi connectivity index (χ1v) is 5.01. The van der Waals surface area contributed by atoms with E-state index in [4.69, 9.17) is 10.5 Å². The summed E-state index contributed by atoms with van der Waals surface area (Å²) in [6.45, 7) is 0. The van der Waals surface area contributed by atoms with Gasteiger partial charge in [0.1, 0.15) is 12.2 Å². The molecule has 1 aromatic carbocycles. The lowest BCUT2D eigenvalue weighted by atomic mass is 10.3. The molecule has 1 heterocycles. The van der Waals surface area contributed by atoms with Gasteiger partial charge in [-0.3, -0.25) is 9.36 Å². The van der Waals surface area contributed by atoms with Crippen LogP contribution >= 0.6 is 0 Å². The molecule has 2 aromatic rings. The van der Waals surface area contributed by atoms with Gasteiger partial charge in [-0.1, -0.05) is 12.1 Å². The number of benzene rings is 1. The van der Waals surface area contributed by atoms with Crippen molar-refractivity contribution in [2.75, 3.05) is 0 Å². The van der Waals surface area contributed by atoms with Crippen molar-refractivity contribution in [1.29, 1.82) is 10.5 Å². The molecule has 0 N–H and O–H groups in total. The normalized spacial score (nSPS) is 9.76. The molecule has 82 valence electrons. The van der Waals surface area contributed by atoms with E-state index in [1.807, 2.05) is 18.2 Å². The molecule has 0 unspecified atom stereocenters. The minimum Gasteiger partial charge on any atom is -0.273 e. The van der Waals surface area contributed by atoms with E-state index >= 15 is 0 Å². The van der Waals surface area contributed by atoms with Gasteiger partial charge in [0, 0.05) is 0 Å². The van der Waals surface area contributed by atoms with Crippen molar-refractivity contribution < 1.29 is 4.79 Å². The molecule has 0 aliphatic carbocycles. The third kappa shape index (κ3) is 1.86. The molecule has 0 aliphatic heterocycles. The van der Waals surface area contributed by atoms with E-state index in [1.54, 1.807) is 18.2 Å². The van der Waals surface area contributed by atoms with Gasteiger partial charge in [0.2, 0.25) is 5.91 Å². The zero-order valence-electron chi connectivity index (χ0n) is 8.92. The van der Waals surface area contributed by atoms with Crippen LogP contribution in [0.15, 0.2) is 24.3 Å². The number of rotatable bonds is 2. The SMILES string of the molecule is N#CCC(=O)n1c(CC#N)nc2ccccc21. The lowest BCUT2D eigenvalue weighted by Gasteiger charge is -2.02. The van der Waals surface area contributed by atoms with Gasteiger partial charge < -0.3 is 0 Å². The smallest absolute Gasteiger partial charge is 0.246 e. The number of nitriles is 2. The van der Waals surface area contributed by atoms with Crippen molar-refractivity contribution >= 4 is 16.9 Å². The van der Waals surface area contributed by atoms with Crippen LogP contribution in [0.25, 0.3) is 11.0 Å². The predicted molar refractivity (Wildman–Crippen MR) is 59.9 cm³/mol. The van der Waals surface area contributed by atoms with Crippen LogP contribution in [0, 0.1) is 22.7 Å². The highest BCUT2D eigenvalue weighted by atomic mass is 16.2. The summed E-state index contributed by atoms with van der Waals surface area (Å²) in [6.07, 6.45) is -0.176. The molecule has 2 rings (SSSR count). The third-order valence-electron chi connectivity index (χ3n) is 2.35. The Kier molecular flexibility index (Phi) is 2.85. The summed E-state index contributed by atoms with van der Waals surface area (Å²) in [5.74, 6) is 0.0281. The van der Waals surface area contributed by atoms with Crippen LogP contribution in [-0.4, -0.2) is 15.5 Å². The molecule has 0 bridgehead atoms. The van der Waals surface area contributed by atoms with Gasteiger partial charge in [0.05, 0.1) is 29.6 Å². The quantitative estimate of drug-likeness (QED) is 0.776. The first-order valence-electron chi connectivity index (χ1n) is 5.01. The summed E-state index contributed by atoms with van der Waals surface area (Å²) in [7, 11) is 0. The zero-order valence-corrected chi connectivity index (χ0v) is 8.92. The monoisotopic (exact) mass is 224 g/mol. The number of imidazole rings is 1. The van der Waals surface area contributed by atoms with Gasteiger partial charge in [-0.05, 0) is 12.1 Å². The van der Waals surface area contributed by atoms with E-state index in [1.165, 1.54) is 4.57 Å². The number of aromatic nitrogens is 2. The van der Waals surface area contributed by atoms with Gasteiger partial charge in [0.15, 0.2) is 0 Å². The van der Waals surface area contributed by atoms with Crippen molar-refractivity contribution in [2.45, 2.75) is 12.8 Å². The Morgan fingerprint density at radius 1 is 1.29 bits per heavy atom. The number of carbonyl (C=O) groups excluding carboxylic acids is 1. The van der Waals surface area contributed by atoms with Crippen LogP contribution in [0.4, 0.5) is 0 Å². The Hall–Kier alpha value is -2.66. The molecule has 0 saturated carbocycles. The van der Waals surface area contributed by atoms with E-state index < -0.39 is 0 Å². The minimum atomic E-state index is -0.355. The van der Waals surface area contributed by atoms with Crippen LogP contribution in [0.5, 0.6) is 0 Å². The Morgan fingerprint density at radius 3 is 2.76 bits per heavy atom. The Bertz CT molecular complexity index is 657. The molecule has 0 saturated heterocycles. The van der Waals surface area contributed by atoms with Gasteiger partial charge in [-0.15, -0.1) is 0 Å². The largest absolute Gasteiger partial charge is 0.273 e. The molecule has 17 heavy (non-hydrogen) atoms. The second kappa shape index (κ2) is 4.46. The number of para-hydroxylation sites is 2. The predicted octanol–water partition coefficient (Wildman–Crippen LogP) is 1.66. The summed E-state index contributed by atoms with van der Waals surface area (Å²) >= 11 is 0. The topological polar surface area (TPSA) is 82.5 Å². The summed E-state index contributed by atoms with van der Waals surface area (Å²) in [5, 5.41) is 17.3. The first-order chi connectivity index (χ1) is 8.27. The highest BCUT2D eigenvalue weighted by molar-refractivity contribution is 5.92. The zero-order chi connectivity index (χ0) is 12.3. The highest BCUT2D eigenvalue weighted by Gasteiger charge is 2.15. The molecule has 0 fully saturated rings. The van der Waals surface area contributed by atoms with E-state index in [2.05, 4.69) is 4.98 Å². The summed E-state index contributed by atoms with van der Waals surface area (Å²) in [6, 6.07) is 10.9. The van der Waals surface area contributed by atoms with Crippen molar-refractivity contribution in [3.8, 4) is 12.1 Å². The highest BCUT2D eigenvalue weighted by Crippen LogP contribution is 2.16. The summed E-state index contributed by atoms with van der Waals surface area (Å²) in [5.41, 5.74) is 1.29. The fourth-order valence-electron chi connectivity index (χ4n) is 1.69. The molecule has 0 spiro atoms. The maximum atomic E-state index is 11.8. The average molecular weight is 224 g/mol. The number of hydrogen-bond acceptors (Lipinski definition) is 4.